The quantitative estimate of drug-likeness (QED) is 0.135. The Morgan fingerprint density at radius 2 is 1.07 bits per heavy atom. The molecule has 0 saturated heterocycles. The average molecular weight is 597 g/mol. The van der Waals surface area contributed by atoms with Crippen LogP contribution in [0.15, 0.2) is 115 Å². The molecule has 0 radical (unpaired) electrons. The molecule has 45 heavy (non-hydrogen) atoms. The summed E-state index contributed by atoms with van der Waals surface area (Å²) in [7, 11) is 1.88. The SMILES string of the molecule is CNc1ccc(Oc2ccc(C(C)(C)c3ccc(Oc4ccc(N5C(=O)c6ccc(C(C)=O)cc6C5=O)cc4)cc3)cc2)cc1. The summed E-state index contributed by atoms with van der Waals surface area (Å²) in [5, 5.41) is 3.10. The van der Waals surface area contributed by atoms with E-state index in [2.05, 4.69) is 31.3 Å². The van der Waals surface area contributed by atoms with Gasteiger partial charge in [-0.3, -0.25) is 14.4 Å². The van der Waals surface area contributed by atoms with Crippen LogP contribution in [0.25, 0.3) is 0 Å². The van der Waals surface area contributed by atoms with Gasteiger partial charge in [-0.2, -0.15) is 0 Å². The zero-order chi connectivity index (χ0) is 31.7. The fourth-order valence-electron chi connectivity index (χ4n) is 5.37. The summed E-state index contributed by atoms with van der Waals surface area (Å²) in [6, 6.07) is 35.2. The maximum atomic E-state index is 13.0. The smallest absolute Gasteiger partial charge is 0.266 e. The summed E-state index contributed by atoms with van der Waals surface area (Å²) in [4.78, 5) is 38.9. The lowest BCUT2D eigenvalue weighted by molar-refractivity contribution is 0.0925. The van der Waals surface area contributed by atoms with Crippen molar-refractivity contribution >= 4 is 29.0 Å². The monoisotopic (exact) mass is 596 g/mol. The summed E-state index contributed by atoms with van der Waals surface area (Å²) < 4.78 is 12.1. The molecule has 7 nitrogen and oxygen atoms in total. The Hall–Kier alpha value is -5.69. The molecule has 224 valence electrons. The molecule has 0 saturated carbocycles. The van der Waals surface area contributed by atoms with E-state index in [1.165, 1.54) is 19.1 Å². The molecular formula is C38H32N2O5. The molecule has 1 heterocycles. The van der Waals surface area contributed by atoms with Crippen LogP contribution < -0.4 is 19.7 Å². The van der Waals surface area contributed by atoms with Gasteiger partial charge < -0.3 is 14.8 Å². The van der Waals surface area contributed by atoms with Gasteiger partial charge in [-0.15, -0.1) is 0 Å². The van der Waals surface area contributed by atoms with Crippen molar-refractivity contribution in [1.29, 1.82) is 0 Å². The molecule has 1 N–H and O–H groups in total. The van der Waals surface area contributed by atoms with Crippen LogP contribution in [0.3, 0.4) is 0 Å². The number of fused-ring (bicyclic) bond motifs is 1. The van der Waals surface area contributed by atoms with Gasteiger partial charge in [0.15, 0.2) is 5.78 Å². The van der Waals surface area contributed by atoms with Gasteiger partial charge in [0.1, 0.15) is 23.0 Å². The molecule has 2 amide bonds. The molecule has 1 aliphatic rings. The third-order valence-corrected chi connectivity index (χ3v) is 8.15. The average Bonchev–Trinajstić information content (AvgIpc) is 3.31. The van der Waals surface area contributed by atoms with Crippen LogP contribution in [0.5, 0.6) is 23.0 Å². The van der Waals surface area contributed by atoms with Crippen LogP contribution in [-0.4, -0.2) is 24.6 Å². The number of Topliss-reactive ketones (excluding diaryl/α,β-unsaturated/α-hetero) is 1. The molecule has 0 unspecified atom stereocenters. The molecule has 0 bridgehead atoms. The molecule has 7 heteroatoms. The summed E-state index contributed by atoms with van der Waals surface area (Å²) in [5.74, 6) is 1.74. The third-order valence-electron chi connectivity index (χ3n) is 8.15. The van der Waals surface area contributed by atoms with Gasteiger partial charge in [-0.25, -0.2) is 4.90 Å². The van der Waals surface area contributed by atoms with Gasteiger partial charge in [0, 0.05) is 23.7 Å². The lowest BCUT2D eigenvalue weighted by atomic mass is 9.78. The second-order valence-corrected chi connectivity index (χ2v) is 11.4. The molecule has 5 aromatic rings. The first-order valence-electron chi connectivity index (χ1n) is 14.6. The van der Waals surface area contributed by atoms with Crippen LogP contribution in [0, 0.1) is 0 Å². The van der Waals surface area contributed by atoms with E-state index in [9.17, 15) is 14.4 Å². The number of carbonyl (C=O) groups excluding carboxylic acids is 3. The number of nitrogens with zero attached hydrogens (tertiary/aromatic N) is 1. The number of ketones is 1. The fourth-order valence-corrected chi connectivity index (χ4v) is 5.37. The number of ether oxygens (including phenoxy) is 2. The van der Waals surface area contributed by atoms with Crippen molar-refractivity contribution in [1.82, 2.24) is 0 Å². The molecule has 5 aromatic carbocycles. The Morgan fingerprint density at radius 3 is 1.53 bits per heavy atom. The van der Waals surface area contributed by atoms with E-state index >= 15 is 0 Å². The number of hydrogen-bond donors (Lipinski definition) is 1. The van der Waals surface area contributed by atoms with Crippen molar-refractivity contribution in [2.45, 2.75) is 26.2 Å². The number of hydrogen-bond acceptors (Lipinski definition) is 6. The summed E-state index contributed by atoms with van der Waals surface area (Å²) in [6.45, 7) is 5.78. The van der Waals surface area contributed by atoms with Gasteiger partial charge in [-0.05, 0) is 103 Å². The largest absolute Gasteiger partial charge is 0.457 e. The van der Waals surface area contributed by atoms with Crippen LogP contribution in [0.1, 0.15) is 63.0 Å². The molecule has 0 aliphatic carbocycles. The zero-order valence-electron chi connectivity index (χ0n) is 25.5. The van der Waals surface area contributed by atoms with E-state index in [1.54, 1.807) is 30.3 Å². The van der Waals surface area contributed by atoms with Gasteiger partial charge >= 0.3 is 0 Å². The normalized spacial score (nSPS) is 12.6. The number of benzene rings is 5. The van der Waals surface area contributed by atoms with Crippen molar-refractivity contribution in [2.75, 3.05) is 17.3 Å². The van der Waals surface area contributed by atoms with Crippen LogP contribution in [-0.2, 0) is 5.41 Å². The molecule has 1 aliphatic heterocycles. The van der Waals surface area contributed by atoms with Gasteiger partial charge in [0.05, 0.1) is 16.8 Å². The first kappa shape index (κ1) is 29.4. The Kier molecular flexibility index (Phi) is 7.69. The highest BCUT2D eigenvalue weighted by Gasteiger charge is 2.37. The summed E-state index contributed by atoms with van der Waals surface area (Å²) >= 11 is 0. The van der Waals surface area contributed by atoms with E-state index < -0.39 is 11.8 Å². The third kappa shape index (κ3) is 5.80. The highest BCUT2D eigenvalue weighted by Crippen LogP contribution is 2.36. The topological polar surface area (TPSA) is 84.9 Å². The Balaban J connectivity index is 1.11. The minimum atomic E-state index is -0.452. The van der Waals surface area contributed by atoms with E-state index in [0.29, 0.717) is 22.7 Å². The Morgan fingerprint density at radius 1 is 0.622 bits per heavy atom. The lowest BCUT2D eigenvalue weighted by Crippen LogP contribution is -2.29. The van der Waals surface area contributed by atoms with Gasteiger partial charge in [0.2, 0.25) is 0 Å². The minimum Gasteiger partial charge on any atom is -0.457 e. The minimum absolute atomic E-state index is 0.165. The maximum Gasteiger partial charge on any atom is 0.266 e. The number of imide groups is 1. The van der Waals surface area contributed by atoms with Crippen LogP contribution >= 0.6 is 0 Å². The Bertz CT molecular complexity index is 1890. The molecule has 0 fully saturated rings. The van der Waals surface area contributed by atoms with Crippen molar-refractivity contribution < 1.29 is 23.9 Å². The predicted octanol–water partition coefficient (Wildman–Crippen LogP) is 8.64. The van der Waals surface area contributed by atoms with E-state index in [1.807, 2.05) is 67.7 Å². The lowest BCUT2D eigenvalue weighted by Gasteiger charge is -2.26. The van der Waals surface area contributed by atoms with Crippen LogP contribution in [0.4, 0.5) is 11.4 Å². The number of rotatable bonds is 9. The second-order valence-electron chi connectivity index (χ2n) is 11.4. The molecular weight excluding hydrogens is 564 g/mol. The standard InChI is InChI=1S/C38H32N2O5/c1-24(41)25-5-22-34-35(23-25)37(43)40(36(34)42)29-12-20-33(21-13-29)45-31-16-8-27(9-17-31)38(2,3)26-6-14-30(15-7-26)44-32-18-10-28(39-4)11-19-32/h5-23,39H,1-4H3. The first-order chi connectivity index (χ1) is 21.6. The molecule has 0 aromatic heterocycles. The number of anilines is 2. The van der Waals surface area contributed by atoms with Crippen molar-refractivity contribution in [3.05, 3.63) is 143 Å². The van der Waals surface area contributed by atoms with Crippen LogP contribution in [0.2, 0.25) is 0 Å². The maximum absolute atomic E-state index is 13.0. The highest BCUT2D eigenvalue weighted by atomic mass is 16.5. The number of amides is 2. The highest BCUT2D eigenvalue weighted by molar-refractivity contribution is 6.34. The molecule has 6 rings (SSSR count). The predicted molar refractivity (Wildman–Crippen MR) is 175 cm³/mol. The fraction of sp³-hybridized carbons (Fsp3) is 0.132. The molecule has 0 atom stereocenters. The van der Waals surface area contributed by atoms with Gasteiger partial charge in [0.25, 0.3) is 11.8 Å². The van der Waals surface area contributed by atoms with Crippen molar-refractivity contribution in [3.63, 3.8) is 0 Å². The zero-order valence-corrected chi connectivity index (χ0v) is 25.5. The van der Waals surface area contributed by atoms with Gasteiger partial charge in [-0.1, -0.05) is 44.2 Å². The molecule has 0 spiro atoms. The van der Waals surface area contributed by atoms with E-state index in [-0.39, 0.29) is 22.3 Å². The van der Waals surface area contributed by atoms with Crippen molar-refractivity contribution in [3.8, 4) is 23.0 Å². The second kappa shape index (κ2) is 11.8. The van der Waals surface area contributed by atoms with E-state index in [0.717, 1.165) is 33.2 Å². The van der Waals surface area contributed by atoms with E-state index in [4.69, 9.17) is 9.47 Å². The first-order valence-corrected chi connectivity index (χ1v) is 14.6. The summed E-state index contributed by atoms with van der Waals surface area (Å²) in [5.41, 5.74) is 4.38. The number of nitrogens with one attached hydrogen (secondary N) is 1. The Labute approximate surface area is 262 Å². The van der Waals surface area contributed by atoms with Crippen molar-refractivity contribution in [2.24, 2.45) is 0 Å². The number of carbonyl (C=O) groups is 3. The summed E-state index contributed by atoms with van der Waals surface area (Å²) in [6.07, 6.45) is 0.